The maximum atomic E-state index is 10.7. The van der Waals surface area contributed by atoms with Crippen molar-refractivity contribution < 1.29 is 14.6 Å². The molecular weight excluding hydrogens is 216 g/mol. The molecule has 1 unspecified atom stereocenters. The average molecular weight is 240 g/mol. The molecule has 98 valence electrons. The molecule has 0 aromatic rings. The molecule has 0 spiro atoms. The Labute approximate surface area is 104 Å². The lowest BCUT2D eigenvalue weighted by Gasteiger charge is -2.30. The fourth-order valence-electron chi connectivity index (χ4n) is 2.60. The molecule has 0 amide bonds. The lowest BCUT2D eigenvalue weighted by molar-refractivity contribution is -0.132. The van der Waals surface area contributed by atoms with Gasteiger partial charge in [-0.05, 0) is 38.5 Å². The first-order valence-electron chi connectivity index (χ1n) is 6.67. The molecule has 0 bridgehead atoms. The van der Waals surface area contributed by atoms with Gasteiger partial charge in [0.25, 0.3) is 0 Å². The van der Waals surface area contributed by atoms with Gasteiger partial charge in [-0.15, -0.1) is 0 Å². The average Bonchev–Trinajstić information content (AvgIpc) is 2.35. The highest BCUT2D eigenvalue weighted by atomic mass is 16.5. The summed E-state index contributed by atoms with van der Waals surface area (Å²) in [6.45, 7) is 6.29. The van der Waals surface area contributed by atoms with E-state index in [-0.39, 0.29) is 6.10 Å². The largest absolute Gasteiger partial charge is 0.478 e. The minimum atomic E-state index is -0.885. The molecule has 3 heteroatoms. The second-order valence-corrected chi connectivity index (χ2v) is 4.84. The normalized spacial score (nSPS) is 18.9. The summed E-state index contributed by atoms with van der Waals surface area (Å²) in [5, 5.41) is 8.79. The minimum Gasteiger partial charge on any atom is -0.478 e. The molecule has 1 fully saturated rings. The predicted molar refractivity (Wildman–Crippen MR) is 68.0 cm³/mol. The number of carboxylic acid groups (broad SMARTS) is 1. The van der Waals surface area contributed by atoms with E-state index in [1.165, 1.54) is 32.1 Å². The summed E-state index contributed by atoms with van der Waals surface area (Å²) in [7, 11) is 0. The van der Waals surface area contributed by atoms with Gasteiger partial charge in [0.2, 0.25) is 0 Å². The van der Waals surface area contributed by atoms with E-state index in [4.69, 9.17) is 9.84 Å². The molecule has 1 rings (SSSR count). The van der Waals surface area contributed by atoms with Crippen LogP contribution < -0.4 is 0 Å². The van der Waals surface area contributed by atoms with Crippen LogP contribution in [-0.2, 0) is 9.53 Å². The van der Waals surface area contributed by atoms with Gasteiger partial charge in [-0.3, -0.25) is 0 Å². The highest BCUT2D eigenvalue weighted by Gasteiger charge is 2.24. The fourth-order valence-corrected chi connectivity index (χ4v) is 2.60. The molecular formula is C14H24O3. The third kappa shape index (κ3) is 4.90. The minimum absolute atomic E-state index is 0.219. The van der Waals surface area contributed by atoms with E-state index in [0.29, 0.717) is 24.5 Å². The Bertz CT molecular complexity index is 254. The predicted octanol–water partition coefficient (Wildman–Crippen LogP) is 3.39. The lowest BCUT2D eigenvalue weighted by Crippen LogP contribution is -2.26. The quantitative estimate of drug-likeness (QED) is 0.694. The van der Waals surface area contributed by atoms with Crippen LogP contribution in [0.3, 0.4) is 0 Å². The summed E-state index contributed by atoms with van der Waals surface area (Å²) in [6.07, 6.45) is 7.91. The SMILES string of the molecule is C=C(CCC(OCC)C1CCCCC1)C(=O)O. The maximum absolute atomic E-state index is 10.7. The molecule has 0 aliphatic heterocycles. The van der Waals surface area contributed by atoms with Gasteiger partial charge >= 0.3 is 5.97 Å². The van der Waals surface area contributed by atoms with Crippen molar-refractivity contribution in [1.29, 1.82) is 0 Å². The highest BCUT2D eigenvalue weighted by molar-refractivity contribution is 5.85. The topological polar surface area (TPSA) is 46.5 Å². The monoisotopic (exact) mass is 240 g/mol. The highest BCUT2D eigenvalue weighted by Crippen LogP contribution is 2.30. The van der Waals surface area contributed by atoms with Crippen LogP contribution in [0.2, 0.25) is 0 Å². The molecule has 1 atom stereocenters. The van der Waals surface area contributed by atoms with E-state index >= 15 is 0 Å². The van der Waals surface area contributed by atoms with Crippen LogP contribution >= 0.6 is 0 Å². The molecule has 17 heavy (non-hydrogen) atoms. The van der Waals surface area contributed by atoms with Crippen molar-refractivity contribution in [3.63, 3.8) is 0 Å². The Morgan fingerprint density at radius 2 is 2.06 bits per heavy atom. The van der Waals surface area contributed by atoms with Gasteiger partial charge in [0, 0.05) is 12.2 Å². The van der Waals surface area contributed by atoms with Gasteiger partial charge in [0.1, 0.15) is 0 Å². The van der Waals surface area contributed by atoms with Crippen molar-refractivity contribution >= 4 is 5.97 Å². The molecule has 1 N–H and O–H groups in total. The summed E-state index contributed by atoms with van der Waals surface area (Å²) in [5.41, 5.74) is 0.297. The first-order chi connectivity index (χ1) is 8.15. The van der Waals surface area contributed by atoms with E-state index in [2.05, 4.69) is 6.58 Å². The molecule has 1 aliphatic rings. The fraction of sp³-hybridized carbons (Fsp3) is 0.786. The van der Waals surface area contributed by atoms with Gasteiger partial charge in [0.15, 0.2) is 0 Å². The van der Waals surface area contributed by atoms with Gasteiger partial charge in [-0.25, -0.2) is 4.79 Å². The molecule has 0 saturated heterocycles. The van der Waals surface area contributed by atoms with Gasteiger partial charge < -0.3 is 9.84 Å². The van der Waals surface area contributed by atoms with Crippen LogP contribution in [0.5, 0.6) is 0 Å². The molecule has 0 aromatic carbocycles. The number of carboxylic acids is 1. The van der Waals surface area contributed by atoms with Crippen LogP contribution in [0.25, 0.3) is 0 Å². The first kappa shape index (κ1) is 14.2. The van der Waals surface area contributed by atoms with Crippen LogP contribution in [-0.4, -0.2) is 23.8 Å². The Morgan fingerprint density at radius 1 is 1.41 bits per heavy atom. The summed E-state index contributed by atoms with van der Waals surface area (Å²) in [5.74, 6) is -0.269. The summed E-state index contributed by atoms with van der Waals surface area (Å²) in [4.78, 5) is 10.7. The van der Waals surface area contributed by atoms with Crippen LogP contribution in [0.4, 0.5) is 0 Å². The zero-order valence-electron chi connectivity index (χ0n) is 10.8. The smallest absolute Gasteiger partial charge is 0.330 e. The van der Waals surface area contributed by atoms with E-state index in [1.807, 2.05) is 6.92 Å². The number of rotatable bonds is 7. The molecule has 1 saturated carbocycles. The number of hydrogen-bond donors (Lipinski definition) is 1. The van der Waals surface area contributed by atoms with Crippen molar-refractivity contribution in [2.45, 2.75) is 58.0 Å². The van der Waals surface area contributed by atoms with E-state index in [1.54, 1.807) is 0 Å². The van der Waals surface area contributed by atoms with Crippen molar-refractivity contribution in [3.8, 4) is 0 Å². The zero-order chi connectivity index (χ0) is 12.7. The first-order valence-corrected chi connectivity index (χ1v) is 6.67. The standard InChI is InChI=1S/C14H24O3/c1-3-17-13(10-9-11(2)14(15)16)12-7-5-4-6-8-12/h12-13H,2-10H2,1H3,(H,15,16). The van der Waals surface area contributed by atoms with E-state index in [0.717, 1.165) is 6.42 Å². The number of aliphatic carboxylic acids is 1. The van der Waals surface area contributed by atoms with E-state index < -0.39 is 5.97 Å². The van der Waals surface area contributed by atoms with Crippen molar-refractivity contribution in [2.75, 3.05) is 6.61 Å². The van der Waals surface area contributed by atoms with Crippen molar-refractivity contribution in [3.05, 3.63) is 12.2 Å². The zero-order valence-corrected chi connectivity index (χ0v) is 10.8. The lowest BCUT2D eigenvalue weighted by atomic mass is 9.83. The van der Waals surface area contributed by atoms with Crippen LogP contribution in [0, 0.1) is 5.92 Å². The van der Waals surface area contributed by atoms with Gasteiger partial charge in [0.05, 0.1) is 6.10 Å². The van der Waals surface area contributed by atoms with Gasteiger partial charge in [-0.2, -0.15) is 0 Å². The van der Waals surface area contributed by atoms with Crippen molar-refractivity contribution in [1.82, 2.24) is 0 Å². The third-order valence-corrected chi connectivity index (χ3v) is 3.59. The molecule has 1 aliphatic carbocycles. The third-order valence-electron chi connectivity index (χ3n) is 3.59. The summed E-state index contributed by atoms with van der Waals surface area (Å²) < 4.78 is 5.78. The summed E-state index contributed by atoms with van der Waals surface area (Å²) >= 11 is 0. The Morgan fingerprint density at radius 3 is 2.59 bits per heavy atom. The molecule has 0 heterocycles. The maximum Gasteiger partial charge on any atom is 0.330 e. The van der Waals surface area contributed by atoms with Crippen molar-refractivity contribution in [2.24, 2.45) is 5.92 Å². The molecule has 0 aromatic heterocycles. The Kier molecular flexibility index (Phi) is 6.27. The number of hydrogen-bond acceptors (Lipinski definition) is 2. The Hall–Kier alpha value is -0.830. The van der Waals surface area contributed by atoms with Crippen LogP contribution in [0.15, 0.2) is 12.2 Å². The molecule has 0 radical (unpaired) electrons. The second kappa shape index (κ2) is 7.49. The van der Waals surface area contributed by atoms with Gasteiger partial charge in [-0.1, -0.05) is 25.8 Å². The number of carbonyl (C=O) groups is 1. The second-order valence-electron chi connectivity index (χ2n) is 4.84. The molecule has 3 nitrogen and oxygen atoms in total. The number of ether oxygens (including phenoxy) is 1. The Balaban J connectivity index is 2.41. The van der Waals surface area contributed by atoms with Crippen LogP contribution in [0.1, 0.15) is 51.9 Å². The van der Waals surface area contributed by atoms with E-state index in [9.17, 15) is 4.79 Å². The summed E-state index contributed by atoms with van der Waals surface area (Å²) in [6, 6.07) is 0.